The summed E-state index contributed by atoms with van der Waals surface area (Å²) in [5, 5.41) is 3.40. The van der Waals surface area contributed by atoms with E-state index in [-0.39, 0.29) is 0 Å². The molecule has 4 nitrogen and oxygen atoms in total. The van der Waals surface area contributed by atoms with Gasteiger partial charge in [-0.3, -0.25) is 4.90 Å². The fourth-order valence-corrected chi connectivity index (χ4v) is 3.29. The summed E-state index contributed by atoms with van der Waals surface area (Å²) in [6, 6.07) is 0.584. The lowest BCUT2D eigenvalue weighted by molar-refractivity contribution is 0.133. The van der Waals surface area contributed by atoms with Crippen LogP contribution in [0.25, 0.3) is 0 Å². The molecule has 2 atom stereocenters. The molecule has 2 fully saturated rings. The molecular weight excluding hydrogens is 212 g/mol. The minimum atomic E-state index is -2.81. The largest absolute Gasteiger partial charge is 0.315 e. The molecule has 2 aliphatic heterocycles. The number of nitrogens with zero attached hydrogens (tertiary/aromatic N) is 1. The average molecular weight is 232 g/mol. The summed E-state index contributed by atoms with van der Waals surface area (Å²) in [5.74, 6) is 1.05. The molecule has 88 valence electrons. The maximum Gasteiger partial charge on any atom is 0.148 e. The monoisotopic (exact) mass is 232 g/mol. The summed E-state index contributed by atoms with van der Waals surface area (Å²) in [4.78, 5) is 2.36. The third kappa shape index (κ3) is 2.92. The third-order valence-electron chi connectivity index (χ3n) is 3.54. The van der Waals surface area contributed by atoms with Crippen molar-refractivity contribution in [3.8, 4) is 0 Å². The van der Waals surface area contributed by atoms with Gasteiger partial charge < -0.3 is 5.32 Å². The summed E-state index contributed by atoms with van der Waals surface area (Å²) in [6.07, 6.45) is 3.83. The number of fused-ring (bicyclic) bond motifs is 1. The molecule has 0 aromatic carbocycles. The second kappa shape index (κ2) is 4.39. The van der Waals surface area contributed by atoms with Crippen molar-refractivity contribution in [3.63, 3.8) is 0 Å². The Bertz CT molecular complexity index is 315. The van der Waals surface area contributed by atoms with Gasteiger partial charge in [0.1, 0.15) is 9.84 Å². The van der Waals surface area contributed by atoms with Crippen molar-refractivity contribution in [2.24, 2.45) is 5.92 Å². The average Bonchev–Trinajstić information content (AvgIpc) is 2.61. The van der Waals surface area contributed by atoms with Gasteiger partial charge in [0, 0.05) is 25.4 Å². The number of piperidine rings is 1. The number of likely N-dealkylation sites (tertiary alicyclic amines) is 1. The molecule has 0 aromatic heterocycles. The van der Waals surface area contributed by atoms with Crippen molar-refractivity contribution in [1.82, 2.24) is 10.2 Å². The van der Waals surface area contributed by atoms with Crippen LogP contribution in [0.5, 0.6) is 0 Å². The van der Waals surface area contributed by atoms with Crippen LogP contribution >= 0.6 is 0 Å². The Morgan fingerprint density at radius 1 is 1.40 bits per heavy atom. The predicted molar refractivity (Wildman–Crippen MR) is 60.7 cm³/mol. The Kier molecular flexibility index (Phi) is 3.33. The smallest absolute Gasteiger partial charge is 0.148 e. The highest BCUT2D eigenvalue weighted by atomic mass is 32.2. The van der Waals surface area contributed by atoms with Crippen LogP contribution in [0.3, 0.4) is 0 Å². The SMILES string of the molecule is CS(=O)(=O)CCN1CCCC2CNCC21. The number of hydrogen-bond donors (Lipinski definition) is 1. The van der Waals surface area contributed by atoms with Gasteiger partial charge in [0.25, 0.3) is 0 Å². The van der Waals surface area contributed by atoms with E-state index in [9.17, 15) is 8.42 Å². The van der Waals surface area contributed by atoms with Crippen LogP contribution < -0.4 is 5.32 Å². The highest BCUT2D eigenvalue weighted by Crippen LogP contribution is 2.25. The van der Waals surface area contributed by atoms with Gasteiger partial charge in [-0.15, -0.1) is 0 Å². The lowest BCUT2D eigenvalue weighted by atomic mass is 9.92. The van der Waals surface area contributed by atoms with Crippen LogP contribution in [0, 0.1) is 5.92 Å². The molecule has 0 aliphatic carbocycles. The molecule has 2 heterocycles. The first-order valence-electron chi connectivity index (χ1n) is 5.69. The van der Waals surface area contributed by atoms with Crippen LogP contribution in [0.2, 0.25) is 0 Å². The normalized spacial score (nSPS) is 32.9. The Morgan fingerprint density at radius 3 is 2.93 bits per heavy atom. The molecule has 0 bridgehead atoms. The molecule has 2 aliphatic rings. The van der Waals surface area contributed by atoms with E-state index < -0.39 is 9.84 Å². The summed E-state index contributed by atoms with van der Waals surface area (Å²) in [7, 11) is -2.81. The van der Waals surface area contributed by atoms with E-state index in [1.54, 1.807) is 0 Å². The highest BCUT2D eigenvalue weighted by Gasteiger charge is 2.34. The van der Waals surface area contributed by atoms with Gasteiger partial charge in [0.2, 0.25) is 0 Å². The first-order valence-corrected chi connectivity index (χ1v) is 7.75. The van der Waals surface area contributed by atoms with Gasteiger partial charge in [-0.05, 0) is 31.8 Å². The summed E-state index contributed by atoms with van der Waals surface area (Å²) >= 11 is 0. The van der Waals surface area contributed by atoms with Gasteiger partial charge in [-0.1, -0.05) is 0 Å². The topological polar surface area (TPSA) is 49.4 Å². The first kappa shape index (κ1) is 11.4. The van der Waals surface area contributed by atoms with Gasteiger partial charge in [0.05, 0.1) is 5.75 Å². The molecule has 2 unspecified atom stereocenters. The zero-order valence-electron chi connectivity index (χ0n) is 9.28. The van der Waals surface area contributed by atoms with Crippen LogP contribution in [-0.2, 0) is 9.84 Å². The Labute approximate surface area is 91.9 Å². The lowest BCUT2D eigenvalue weighted by Crippen LogP contribution is -2.46. The van der Waals surface area contributed by atoms with Crippen molar-refractivity contribution in [2.45, 2.75) is 18.9 Å². The molecule has 0 aromatic rings. The van der Waals surface area contributed by atoms with E-state index in [0.717, 1.165) is 25.6 Å². The lowest BCUT2D eigenvalue weighted by Gasteiger charge is -2.36. The number of hydrogen-bond acceptors (Lipinski definition) is 4. The van der Waals surface area contributed by atoms with Gasteiger partial charge in [0.15, 0.2) is 0 Å². The molecule has 2 rings (SSSR count). The molecule has 0 amide bonds. The zero-order chi connectivity index (χ0) is 10.9. The van der Waals surface area contributed by atoms with Crippen molar-refractivity contribution in [3.05, 3.63) is 0 Å². The van der Waals surface area contributed by atoms with E-state index in [1.165, 1.54) is 19.1 Å². The maximum absolute atomic E-state index is 11.1. The Morgan fingerprint density at radius 2 is 2.20 bits per heavy atom. The van der Waals surface area contributed by atoms with Crippen molar-refractivity contribution < 1.29 is 8.42 Å². The van der Waals surface area contributed by atoms with Crippen molar-refractivity contribution >= 4 is 9.84 Å². The third-order valence-corrected chi connectivity index (χ3v) is 4.47. The first-order chi connectivity index (χ1) is 7.06. The van der Waals surface area contributed by atoms with Gasteiger partial charge in [-0.25, -0.2) is 8.42 Å². The minimum absolute atomic E-state index is 0.302. The van der Waals surface area contributed by atoms with E-state index in [4.69, 9.17) is 0 Å². The summed E-state index contributed by atoms with van der Waals surface area (Å²) in [5.41, 5.74) is 0. The second-order valence-electron chi connectivity index (χ2n) is 4.79. The number of nitrogens with one attached hydrogen (secondary N) is 1. The number of rotatable bonds is 3. The number of sulfone groups is 1. The van der Waals surface area contributed by atoms with Gasteiger partial charge in [-0.2, -0.15) is 0 Å². The van der Waals surface area contributed by atoms with Crippen LogP contribution in [0.15, 0.2) is 0 Å². The predicted octanol–water partition coefficient (Wildman–Crippen LogP) is -0.285. The maximum atomic E-state index is 11.1. The Balaban J connectivity index is 1.91. The molecule has 2 saturated heterocycles. The quantitative estimate of drug-likeness (QED) is 0.727. The van der Waals surface area contributed by atoms with E-state index in [0.29, 0.717) is 18.3 Å². The van der Waals surface area contributed by atoms with Crippen LogP contribution in [0.4, 0.5) is 0 Å². The molecule has 1 N–H and O–H groups in total. The standard InChI is InChI=1S/C10H20N2O2S/c1-15(13,14)6-5-12-4-2-3-9-7-11-8-10(9)12/h9-11H,2-8H2,1H3. The van der Waals surface area contributed by atoms with E-state index in [1.807, 2.05) is 0 Å². The fourth-order valence-electron chi connectivity index (χ4n) is 2.72. The molecular formula is C10H20N2O2S. The summed E-state index contributed by atoms with van der Waals surface area (Å²) in [6.45, 7) is 3.93. The van der Waals surface area contributed by atoms with Crippen molar-refractivity contribution in [2.75, 3.05) is 38.2 Å². The molecule has 0 radical (unpaired) electrons. The minimum Gasteiger partial charge on any atom is -0.315 e. The highest BCUT2D eigenvalue weighted by molar-refractivity contribution is 7.90. The van der Waals surface area contributed by atoms with E-state index in [2.05, 4.69) is 10.2 Å². The van der Waals surface area contributed by atoms with E-state index >= 15 is 0 Å². The Hall–Kier alpha value is -0.130. The molecule has 0 saturated carbocycles. The molecule has 5 heteroatoms. The summed E-state index contributed by atoms with van der Waals surface area (Å²) < 4.78 is 22.2. The van der Waals surface area contributed by atoms with Gasteiger partial charge >= 0.3 is 0 Å². The van der Waals surface area contributed by atoms with Crippen LogP contribution in [-0.4, -0.2) is 57.5 Å². The second-order valence-corrected chi connectivity index (χ2v) is 7.05. The van der Waals surface area contributed by atoms with Crippen molar-refractivity contribution in [1.29, 1.82) is 0 Å². The van der Waals surface area contributed by atoms with Crippen LogP contribution in [0.1, 0.15) is 12.8 Å². The fraction of sp³-hybridized carbons (Fsp3) is 1.00. The zero-order valence-corrected chi connectivity index (χ0v) is 10.1. The molecule has 0 spiro atoms. The molecule has 15 heavy (non-hydrogen) atoms.